The molecule has 1 fully saturated rings. The Morgan fingerprint density at radius 3 is 3.08 bits per heavy atom. The molecule has 0 bridgehead atoms. The van der Waals surface area contributed by atoms with Gasteiger partial charge >= 0.3 is 0 Å². The molecule has 1 aliphatic rings. The van der Waals surface area contributed by atoms with Gasteiger partial charge < -0.3 is 15.2 Å². The van der Waals surface area contributed by atoms with Crippen molar-refractivity contribution >= 4 is 17.7 Å². The highest BCUT2D eigenvalue weighted by atomic mass is 32.2. The number of benzene rings is 1. The van der Waals surface area contributed by atoms with Gasteiger partial charge in [0.1, 0.15) is 0 Å². The summed E-state index contributed by atoms with van der Waals surface area (Å²) in [5, 5.41) is 10.2. The van der Waals surface area contributed by atoms with Crippen molar-refractivity contribution in [3.63, 3.8) is 0 Å². The van der Waals surface area contributed by atoms with Crippen LogP contribution in [0.3, 0.4) is 0 Å². The average Bonchev–Trinajstić information content (AvgIpc) is 3.25. The van der Waals surface area contributed by atoms with Gasteiger partial charge in [0.15, 0.2) is 5.82 Å². The summed E-state index contributed by atoms with van der Waals surface area (Å²) in [7, 11) is 0. The Bertz CT molecular complexity index is 683. The van der Waals surface area contributed by atoms with Crippen LogP contribution in [0.5, 0.6) is 0 Å². The van der Waals surface area contributed by atoms with Crippen molar-refractivity contribution in [3.8, 4) is 0 Å². The van der Waals surface area contributed by atoms with Crippen LogP contribution in [0.4, 0.5) is 0 Å². The molecule has 0 spiro atoms. The number of carbonyl (C=O) groups excluding carboxylic acids is 1. The SMILES string of the molecule is Cc1noc(CSc2ccccc2C(=O)NCCC2CCNC2)n1. The number of hydrogen-bond donors (Lipinski definition) is 2. The third kappa shape index (κ3) is 4.58. The van der Waals surface area contributed by atoms with Crippen LogP contribution in [-0.4, -0.2) is 35.7 Å². The van der Waals surface area contributed by atoms with Gasteiger partial charge in [-0.1, -0.05) is 17.3 Å². The van der Waals surface area contributed by atoms with E-state index in [0.29, 0.717) is 35.5 Å². The topological polar surface area (TPSA) is 80.0 Å². The van der Waals surface area contributed by atoms with Gasteiger partial charge in [-0.05, 0) is 50.9 Å². The van der Waals surface area contributed by atoms with Crippen LogP contribution in [0, 0.1) is 12.8 Å². The lowest BCUT2D eigenvalue weighted by Gasteiger charge is -2.11. The van der Waals surface area contributed by atoms with Crippen LogP contribution in [0.2, 0.25) is 0 Å². The Kier molecular flexibility index (Phi) is 5.87. The molecule has 0 aliphatic carbocycles. The lowest BCUT2D eigenvalue weighted by Crippen LogP contribution is -2.26. The van der Waals surface area contributed by atoms with Gasteiger partial charge in [0.05, 0.1) is 11.3 Å². The summed E-state index contributed by atoms with van der Waals surface area (Å²) in [5.74, 6) is 2.40. The summed E-state index contributed by atoms with van der Waals surface area (Å²) >= 11 is 1.53. The molecule has 0 radical (unpaired) electrons. The Balaban J connectivity index is 1.54. The van der Waals surface area contributed by atoms with Crippen molar-refractivity contribution in [2.75, 3.05) is 19.6 Å². The second-order valence-corrected chi connectivity index (χ2v) is 6.94. The first-order valence-corrected chi connectivity index (χ1v) is 9.21. The molecule has 2 heterocycles. The predicted molar refractivity (Wildman–Crippen MR) is 93.0 cm³/mol. The van der Waals surface area contributed by atoms with Gasteiger partial charge in [0, 0.05) is 11.4 Å². The van der Waals surface area contributed by atoms with Gasteiger partial charge in [0.2, 0.25) is 5.89 Å². The minimum absolute atomic E-state index is 0.0224. The molecule has 1 unspecified atom stereocenters. The van der Waals surface area contributed by atoms with Gasteiger partial charge in [-0.2, -0.15) is 4.98 Å². The largest absolute Gasteiger partial charge is 0.352 e. The van der Waals surface area contributed by atoms with Gasteiger partial charge in [-0.15, -0.1) is 11.8 Å². The van der Waals surface area contributed by atoms with Crippen LogP contribution < -0.4 is 10.6 Å². The summed E-state index contributed by atoms with van der Waals surface area (Å²) < 4.78 is 5.12. The number of thioether (sulfide) groups is 1. The fraction of sp³-hybridized carbons (Fsp3) is 0.471. The maximum atomic E-state index is 12.5. The molecule has 1 aliphatic heterocycles. The number of nitrogens with one attached hydrogen (secondary N) is 2. The zero-order chi connectivity index (χ0) is 16.8. The fourth-order valence-electron chi connectivity index (χ4n) is 2.76. The standard InChI is InChI=1S/C17H22N4O2S/c1-12-20-16(23-21-12)11-24-15-5-3-2-4-14(15)17(22)19-9-7-13-6-8-18-10-13/h2-5,13,18H,6-11H2,1H3,(H,19,22). The Hall–Kier alpha value is -1.86. The predicted octanol–water partition coefficient (Wildman–Crippen LogP) is 2.40. The lowest BCUT2D eigenvalue weighted by molar-refractivity contribution is 0.0948. The maximum absolute atomic E-state index is 12.5. The molecule has 3 rings (SSSR count). The highest BCUT2D eigenvalue weighted by molar-refractivity contribution is 7.98. The molecular weight excluding hydrogens is 324 g/mol. The third-order valence-corrected chi connectivity index (χ3v) is 5.11. The molecule has 1 aromatic heterocycles. The van der Waals surface area contributed by atoms with Crippen molar-refractivity contribution in [2.24, 2.45) is 5.92 Å². The highest BCUT2D eigenvalue weighted by Gasteiger charge is 2.16. The molecule has 0 saturated carbocycles. The van der Waals surface area contributed by atoms with Crippen LogP contribution >= 0.6 is 11.8 Å². The molecule has 128 valence electrons. The minimum Gasteiger partial charge on any atom is -0.352 e. The molecule has 7 heteroatoms. The molecule has 24 heavy (non-hydrogen) atoms. The summed E-state index contributed by atoms with van der Waals surface area (Å²) in [6.07, 6.45) is 2.22. The molecule has 6 nitrogen and oxygen atoms in total. The highest BCUT2D eigenvalue weighted by Crippen LogP contribution is 2.25. The fourth-order valence-corrected chi connectivity index (χ4v) is 3.65. The van der Waals surface area contributed by atoms with E-state index in [1.165, 1.54) is 18.2 Å². The summed E-state index contributed by atoms with van der Waals surface area (Å²) in [6, 6.07) is 7.62. The Morgan fingerprint density at radius 2 is 2.33 bits per heavy atom. The zero-order valence-corrected chi connectivity index (χ0v) is 14.6. The number of carbonyl (C=O) groups is 1. The normalized spacial score (nSPS) is 17.1. The molecule has 2 aromatic rings. The summed E-state index contributed by atoms with van der Waals surface area (Å²) in [6.45, 7) is 4.66. The zero-order valence-electron chi connectivity index (χ0n) is 13.7. The lowest BCUT2D eigenvalue weighted by atomic mass is 10.1. The number of aryl methyl sites for hydroxylation is 1. The van der Waals surface area contributed by atoms with Gasteiger partial charge in [0.25, 0.3) is 5.91 Å². The van der Waals surface area contributed by atoms with E-state index in [9.17, 15) is 4.79 Å². The van der Waals surface area contributed by atoms with E-state index >= 15 is 0 Å². The molecule has 2 N–H and O–H groups in total. The number of rotatable bonds is 7. The van der Waals surface area contributed by atoms with Crippen molar-refractivity contribution < 1.29 is 9.32 Å². The number of aromatic nitrogens is 2. The number of hydrogen-bond acceptors (Lipinski definition) is 6. The van der Waals surface area contributed by atoms with Gasteiger partial charge in [-0.25, -0.2) is 0 Å². The summed E-state index contributed by atoms with van der Waals surface area (Å²) in [5.41, 5.74) is 0.697. The quantitative estimate of drug-likeness (QED) is 0.750. The van der Waals surface area contributed by atoms with Crippen molar-refractivity contribution in [3.05, 3.63) is 41.5 Å². The third-order valence-electron chi connectivity index (χ3n) is 4.05. The monoisotopic (exact) mass is 346 g/mol. The minimum atomic E-state index is -0.0224. The van der Waals surface area contributed by atoms with E-state index in [2.05, 4.69) is 20.8 Å². The van der Waals surface area contributed by atoms with Crippen LogP contribution in [-0.2, 0) is 5.75 Å². The second kappa shape index (κ2) is 8.30. The average molecular weight is 346 g/mol. The van der Waals surface area contributed by atoms with E-state index < -0.39 is 0 Å². The Labute approximate surface area is 145 Å². The second-order valence-electron chi connectivity index (χ2n) is 5.92. The first-order chi connectivity index (χ1) is 11.7. The van der Waals surface area contributed by atoms with Crippen molar-refractivity contribution in [1.29, 1.82) is 0 Å². The number of amides is 1. The number of nitrogens with zero attached hydrogens (tertiary/aromatic N) is 2. The molecule has 1 atom stereocenters. The van der Waals surface area contributed by atoms with Gasteiger partial charge in [-0.3, -0.25) is 4.79 Å². The smallest absolute Gasteiger partial charge is 0.252 e. The van der Waals surface area contributed by atoms with E-state index in [-0.39, 0.29) is 5.91 Å². The first kappa shape index (κ1) is 17.0. The maximum Gasteiger partial charge on any atom is 0.252 e. The molecule has 1 aromatic carbocycles. The molecule has 1 amide bonds. The van der Waals surface area contributed by atoms with Crippen molar-refractivity contribution in [2.45, 2.75) is 30.4 Å². The van der Waals surface area contributed by atoms with E-state index in [4.69, 9.17) is 4.52 Å². The van der Waals surface area contributed by atoms with E-state index in [1.807, 2.05) is 24.3 Å². The van der Waals surface area contributed by atoms with Crippen molar-refractivity contribution in [1.82, 2.24) is 20.8 Å². The summed E-state index contributed by atoms with van der Waals surface area (Å²) in [4.78, 5) is 17.6. The van der Waals surface area contributed by atoms with Crippen LogP contribution in [0.15, 0.2) is 33.7 Å². The first-order valence-electron chi connectivity index (χ1n) is 8.22. The van der Waals surface area contributed by atoms with Crippen LogP contribution in [0.25, 0.3) is 0 Å². The molecule has 1 saturated heterocycles. The Morgan fingerprint density at radius 1 is 1.46 bits per heavy atom. The van der Waals surface area contributed by atoms with Crippen LogP contribution in [0.1, 0.15) is 34.9 Å². The van der Waals surface area contributed by atoms with E-state index in [1.54, 1.807) is 6.92 Å². The van der Waals surface area contributed by atoms with E-state index in [0.717, 1.165) is 24.4 Å². The molecular formula is C17H22N4O2S.